The fourth-order valence-electron chi connectivity index (χ4n) is 2.87. The van der Waals surface area contributed by atoms with Crippen molar-refractivity contribution in [2.24, 2.45) is 5.92 Å². The molecule has 0 spiro atoms. The highest BCUT2D eigenvalue weighted by atomic mass is 32.2. The van der Waals surface area contributed by atoms with Gasteiger partial charge in [0.25, 0.3) is 0 Å². The lowest BCUT2D eigenvalue weighted by Gasteiger charge is -2.21. The Hall–Kier alpha value is -1.27. The van der Waals surface area contributed by atoms with Gasteiger partial charge in [-0.2, -0.15) is 0 Å². The molecule has 1 fully saturated rings. The lowest BCUT2D eigenvalue weighted by molar-refractivity contribution is 0.330. The number of sulfonamides is 1. The first-order chi connectivity index (χ1) is 9.94. The lowest BCUT2D eigenvalue weighted by Crippen LogP contribution is -2.37. The molecule has 1 atom stereocenters. The number of anilines is 1. The highest BCUT2D eigenvalue weighted by Gasteiger charge is 2.28. The van der Waals surface area contributed by atoms with Gasteiger partial charge >= 0.3 is 0 Å². The minimum Gasteiger partial charge on any atom is -0.492 e. The second-order valence-corrected chi connectivity index (χ2v) is 7.28. The van der Waals surface area contributed by atoms with E-state index in [1.807, 2.05) is 13.8 Å². The van der Waals surface area contributed by atoms with E-state index in [2.05, 4.69) is 4.72 Å². The molecule has 0 aromatic heterocycles. The molecule has 0 radical (unpaired) electrons. The Morgan fingerprint density at radius 3 is 2.67 bits per heavy atom. The molecule has 0 amide bonds. The Morgan fingerprint density at radius 2 is 2.05 bits per heavy atom. The molecule has 1 aromatic rings. The number of rotatable bonds is 6. The first-order valence-corrected chi connectivity index (χ1v) is 8.97. The fourth-order valence-corrected chi connectivity index (χ4v) is 4.36. The van der Waals surface area contributed by atoms with Gasteiger partial charge in [0.2, 0.25) is 10.0 Å². The molecular weight excluding hydrogens is 288 g/mol. The molecule has 1 aromatic carbocycles. The number of ether oxygens (including phenoxy) is 1. The Kier molecular flexibility index (Phi) is 5.11. The summed E-state index contributed by atoms with van der Waals surface area (Å²) < 4.78 is 33.4. The van der Waals surface area contributed by atoms with Crippen LogP contribution in [0.4, 0.5) is 5.69 Å². The van der Waals surface area contributed by atoms with Crippen LogP contribution >= 0.6 is 0 Å². The third kappa shape index (κ3) is 3.89. The highest BCUT2D eigenvalue weighted by Crippen LogP contribution is 2.30. The van der Waals surface area contributed by atoms with E-state index >= 15 is 0 Å². The van der Waals surface area contributed by atoms with Crippen LogP contribution in [-0.4, -0.2) is 21.1 Å². The van der Waals surface area contributed by atoms with Gasteiger partial charge in [-0.3, -0.25) is 0 Å². The summed E-state index contributed by atoms with van der Waals surface area (Å²) in [5.41, 5.74) is 6.14. The van der Waals surface area contributed by atoms with E-state index in [0.717, 1.165) is 12.8 Å². The molecule has 21 heavy (non-hydrogen) atoms. The van der Waals surface area contributed by atoms with Crippen LogP contribution in [-0.2, 0) is 10.0 Å². The van der Waals surface area contributed by atoms with Crippen molar-refractivity contribution in [2.75, 3.05) is 12.3 Å². The second-order valence-electron chi connectivity index (χ2n) is 5.59. The summed E-state index contributed by atoms with van der Waals surface area (Å²) in [6, 6.07) is 4.63. The Bertz CT molecular complexity index is 581. The number of benzene rings is 1. The van der Waals surface area contributed by atoms with E-state index in [1.54, 1.807) is 12.1 Å². The van der Waals surface area contributed by atoms with Crippen molar-refractivity contribution in [2.45, 2.75) is 50.5 Å². The van der Waals surface area contributed by atoms with Crippen LogP contribution in [0, 0.1) is 5.92 Å². The van der Waals surface area contributed by atoms with Crippen molar-refractivity contribution in [1.29, 1.82) is 0 Å². The molecule has 0 heterocycles. The minimum absolute atomic E-state index is 0.0755. The van der Waals surface area contributed by atoms with Crippen LogP contribution in [0.1, 0.15) is 39.5 Å². The molecule has 0 bridgehead atoms. The molecule has 6 heteroatoms. The van der Waals surface area contributed by atoms with Crippen LogP contribution in [0.25, 0.3) is 0 Å². The first kappa shape index (κ1) is 16.1. The second kappa shape index (κ2) is 6.66. The Balaban J connectivity index is 2.23. The van der Waals surface area contributed by atoms with Crippen LogP contribution in [0.3, 0.4) is 0 Å². The van der Waals surface area contributed by atoms with Crippen LogP contribution in [0.2, 0.25) is 0 Å². The van der Waals surface area contributed by atoms with Gasteiger partial charge in [-0.25, -0.2) is 13.1 Å². The zero-order chi connectivity index (χ0) is 15.5. The maximum Gasteiger partial charge on any atom is 0.244 e. The third-order valence-electron chi connectivity index (χ3n) is 4.01. The SMILES string of the molecule is CCOc1ccc(N)cc1S(=O)(=O)NC(C)C1CCCC1. The van der Waals surface area contributed by atoms with E-state index in [0.29, 0.717) is 24.0 Å². The molecule has 5 nitrogen and oxygen atoms in total. The van der Waals surface area contributed by atoms with Gasteiger partial charge in [-0.05, 0) is 50.8 Å². The summed E-state index contributed by atoms with van der Waals surface area (Å²) in [6.07, 6.45) is 4.52. The normalized spacial score (nSPS) is 17.8. The summed E-state index contributed by atoms with van der Waals surface area (Å²) in [5.74, 6) is 0.759. The predicted octanol–water partition coefficient (Wildman–Crippen LogP) is 2.52. The molecule has 0 saturated heterocycles. The monoisotopic (exact) mass is 312 g/mol. The van der Waals surface area contributed by atoms with E-state index in [-0.39, 0.29) is 10.9 Å². The number of nitrogen functional groups attached to an aromatic ring is 1. The van der Waals surface area contributed by atoms with Gasteiger partial charge in [0.1, 0.15) is 10.6 Å². The fraction of sp³-hybridized carbons (Fsp3) is 0.600. The number of nitrogens with one attached hydrogen (secondary N) is 1. The molecule has 1 saturated carbocycles. The maximum atomic E-state index is 12.6. The molecule has 1 unspecified atom stereocenters. The highest BCUT2D eigenvalue weighted by molar-refractivity contribution is 7.89. The molecule has 3 N–H and O–H groups in total. The lowest BCUT2D eigenvalue weighted by atomic mass is 10.0. The molecule has 1 aliphatic carbocycles. The minimum atomic E-state index is -3.63. The molecule has 118 valence electrons. The van der Waals surface area contributed by atoms with Crippen LogP contribution < -0.4 is 15.2 Å². The van der Waals surface area contributed by atoms with E-state index in [4.69, 9.17) is 10.5 Å². The number of nitrogens with two attached hydrogens (primary N) is 1. The van der Waals surface area contributed by atoms with Gasteiger partial charge < -0.3 is 10.5 Å². The maximum absolute atomic E-state index is 12.6. The average molecular weight is 312 g/mol. The predicted molar refractivity (Wildman–Crippen MR) is 83.8 cm³/mol. The quantitative estimate of drug-likeness (QED) is 0.791. The molecule has 2 rings (SSSR count). The number of hydrogen-bond donors (Lipinski definition) is 2. The van der Waals surface area contributed by atoms with E-state index in [9.17, 15) is 8.42 Å². The smallest absolute Gasteiger partial charge is 0.244 e. The van der Waals surface area contributed by atoms with Gasteiger partial charge in [-0.15, -0.1) is 0 Å². The van der Waals surface area contributed by atoms with Crippen molar-refractivity contribution in [3.05, 3.63) is 18.2 Å². The van der Waals surface area contributed by atoms with Crippen molar-refractivity contribution >= 4 is 15.7 Å². The molecule has 1 aliphatic rings. The molecule has 0 aliphatic heterocycles. The van der Waals surface area contributed by atoms with Gasteiger partial charge in [0.15, 0.2) is 0 Å². The van der Waals surface area contributed by atoms with Crippen molar-refractivity contribution in [3.8, 4) is 5.75 Å². The average Bonchev–Trinajstić information content (AvgIpc) is 2.94. The van der Waals surface area contributed by atoms with Crippen molar-refractivity contribution < 1.29 is 13.2 Å². The Labute approximate surface area is 126 Å². The van der Waals surface area contributed by atoms with Crippen LogP contribution in [0.15, 0.2) is 23.1 Å². The van der Waals surface area contributed by atoms with E-state index in [1.165, 1.54) is 18.9 Å². The standard InChI is InChI=1S/C15H24N2O3S/c1-3-20-14-9-8-13(16)10-15(14)21(18,19)17-11(2)12-6-4-5-7-12/h8-12,17H,3-7,16H2,1-2H3. The van der Waals surface area contributed by atoms with Gasteiger partial charge in [0, 0.05) is 11.7 Å². The summed E-state index contributed by atoms with van der Waals surface area (Å²) in [4.78, 5) is 0.120. The van der Waals surface area contributed by atoms with Crippen molar-refractivity contribution in [1.82, 2.24) is 4.72 Å². The summed E-state index contributed by atoms with van der Waals surface area (Å²) in [6.45, 7) is 4.16. The molecular formula is C15H24N2O3S. The van der Waals surface area contributed by atoms with Crippen LogP contribution in [0.5, 0.6) is 5.75 Å². The zero-order valence-corrected chi connectivity index (χ0v) is 13.4. The summed E-state index contributed by atoms with van der Waals surface area (Å²) >= 11 is 0. The van der Waals surface area contributed by atoms with Gasteiger partial charge in [0.05, 0.1) is 6.61 Å². The third-order valence-corrected chi connectivity index (χ3v) is 5.59. The zero-order valence-electron chi connectivity index (χ0n) is 12.6. The van der Waals surface area contributed by atoms with Crippen molar-refractivity contribution in [3.63, 3.8) is 0 Å². The van der Waals surface area contributed by atoms with Gasteiger partial charge in [-0.1, -0.05) is 12.8 Å². The topological polar surface area (TPSA) is 81.4 Å². The largest absolute Gasteiger partial charge is 0.492 e. The Morgan fingerprint density at radius 1 is 1.38 bits per heavy atom. The summed E-state index contributed by atoms with van der Waals surface area (Å²) in [5, 5.41) is 0. The first-order valence-electron chi connectivity index (χ1n) is 7.48. The van der Waals surface area contributed by atoms with E-state index < -0.39 is 10.0 Å². The number of hydrogen-bond acceptors (Lipinski definition) is 4. The summed E-state index contributed by atoms with van der Waals surface area (Å²) in [7, 11) is -3.63.